The Bertz CT molecular complexity index is 1170. The third-order valence-electron chi connectivity index (χ3n) is 5.99. The van der Waals surface area contributed by atoms with E-state index in [9.17, 15) is 4.79 Å². The molecular formula is C26H29N3O3. The molecule has 2 aromatic carbocycles. The number of aryl methyl sites for hydroxylation is 1. The van der Waals surface area contributed by atoms with Crippen LogP contribution in [-0.2, 0) is 5.54 Å². The van der Waals surface area contributed by atoms with E-state index < -0.39 is 0 Å². The summed E-state index contributed by atoms with van der Waals surface area (Å²) in [5.41, 5.74) is 3.08. The van der Waals surface area contributed by atoms with Crippen molar-refractivity contribution in [2.45, 2.75) is 25.3 Å². The van der Waals surface area contributed by atoms with E-state index in [2.05, 4.69) is 34.5 Å². The Morgan fingerprint density at radius 1 is 1.09 bits per heavy atom. The number of carbonyl (C=O) groups excluding carboxylic acids is 1. The van der Waals surface area contributed by atoms with E-state index in [0.717, 1.165) is 47.2 Å². The molecule has 0 atom stereocenters. The molecule has 1 amide bonds. The van der Waals surface area contributed by atoms with Crippen LogP contribution in [0.3, 0.4) is 0 Å². The number of pyridine rings is 1. The molecule has 6 nitrogen and oxygen atoms in total. The zero-order valence-corrected chi connectivity index (χ0v) is 19.0. The lowest BCUT2D eigenvalue weighted by Crippen LogP contribution is -2.35. The second kappa shape index (κ2) is 8.91. The number of nitrogens with zero attached hydrogens (tertiary/aromatic N) is 2. The summed E-state index contributed by atoms with van der Waals surface area (Å²) in [4.78, 5) is 19.6. The summed E-state index contributed by atoms with van der Waals surface area (Å²) >= 11 is 0. The fraction of sp³-hybridized carbons (Fsp3) is 0.308. The molecular weight excluding hydrogens is 402 g/mol. The van der Waals surface area contributed by atoms with Gasteiger partial charge in [0.05, 0.1) is 25.3 Å². The van der Waals surface area contributed by atoms with Crippen LogP contribution >= 0.6 is 0 Å². The molecule has 166 valence electrons. The Hall–Kier alpha value is -3.54. The molecule has 1 aliphatic carbocycles. The van der Waals surface area contributed by atoms with E-state index in [1.54, 1.807) is 26.5 Å². The number of fused-ring (bicyclic) bond motifs is 1. The highest BCUT2D eigenvalue weighted by atomic mass is 16.5. The Kier molecular flexibility index (Phi) is 6.04. The van der Waals surface area contributed by atoms with Crippen LogP contribution in [0.15, 0.2) is 60.9 Å². The summed E-state index contributed by atoms with van der Waals surface area (Å²) in [6.07, 6.45) is 7.72. The second-order valence-corrected chi connectivity index (χ2v) is 8.29. The van der Waals surface area contributed by atoms with Crippen LogP contribution in [0.5, 0.6) is 11.5 Å². The monoisotopic (exact) mass is 431 g/mol. The fourth-order valence-electron chi connectivity index (χ4n) is 3.83. The van der Waals surface area contributed by atoms with Gasteiger partial charge in [-0.2, -0.15) is 0 Å². The SMILES string of the molecule is CN1C=CC1.COc1ccc(C)c(C(=O)NC2(c3cc(OC)cc4ncccc34)CC2)c1. The van der Waals surface area contributed by atoms with Crippen LogP contribution < -0.4 is 14.8 Å². The number of hydrogen-bond acceptors (Lipinski definition) is 5. The van der Waals surface area contributed by atoms with E-state index in [0.29, 0.717) is 11.3 Å². The average molecular weight is 432 g/mol. The van der Waals surface area contributed by atoms with Crippen molar-refractivity contribution >= 4 is 16.8 Å². The number of methoxy groups -OCH3 is 2. The Labute approximate surface area is 188 Å². The Morgan fingerprint density at radius 2 is 1.81 bits per heavy atom. The molecule has 0 saturated heterocycles. The summed E-state index contributed by atoms with van der Waals surface area (Å²) < 4.78 is 10.7. The van der Waals surface area contributed by atoms with E-state index in [1.165, 1.54) is 0 Å². The lowest BCUT2D eigenvalue weighted by Gasteiger charge is -2.21. The summed E-state index contributed by atoms with van der Waals surface area (Å²) in [5.74, 6) is 1.32. The van der Waals surface area contributed by atoms with Crippen molar-refractivity contribution in [3.05, 3.63) is 77.6 Å². The van der Waals surface area contributed by atoms with Crippen LogP contribution in [-0.4, -0.2) is 43.6 Å². The molecule has 5 rings (SSSR count). The minimum Gasteiger partial charge on any atom is -0.497 e. The molecule has 1 saturated carbocycles. The first-order valence-electron chi connectivity index (χ1n) is 10.7. The minimum absolute atomic E-state index is 0.0937. The summed E-state index contributed by atoms with van der Waals surface area (Å²) in [6.45, 7) is 3.07. The third-order valence-corrected chi connectivity index (χ3v) is 5.99. The number of carbonyl (C=O) groups is 1. The fourth-order valence-corrected chi connectivity index (χ4v) is 3.83. The lowest BCUT2D eigenvalue weighted by atomic mass is 9.97. The smallest absolute Gasteiger partial charge is 0.252 e. The maximum atomic E-state index is 13.0. The molecule has 0 spiro atoms. The van der Waals surface area contributed by atoms with Gasteiger partial charge in [-0.25, -0.2) is 0 Å². The second-order valence-electron chi connectivity index (χ2n) is 8.29. The predicted octanol–water partition coefficient (Wildman–Crippen LogP) is 4.43. The normalized spacial score (nSPS) is 15.3. The Morgan fingerprint density at radius 3 is 2.41 bits per heavy atom. The van der Waals surface area contributed by atoms with Crippen LogP contribution in [0.25, 0.3) is 10.9 Å². The first kappa shape index (κ1) is 21.7. The van der Waals surface area contributed by atoms with Crippen molar-refractivity contribution in [3.8, 4) is 11.5 Å². The molecule has 1 aliphatic heterocycles. The van der Waals surface area contributed by atoms with Crippen LogP contribution in [0.2, 0.25) is 0 Å². The van der Waals surface area contributed by atoms with Gasteiger partial charge in [0.2, 0.25) is 0 Å². The third kappa shape index (κ3) is 4.40. The summed E-state index contributed by atoms with van der Waals surface area (Å²) in [7, 11) is 5.30. The lowest BCUT2D eigenvalue weighted by molar-refractivity contribution is 0.0930. The van der Waals surface area contributed by atoms with Crippen molar-refractivity contribution in [2.24, 2.45) is 0 Å². The topological polar surface area (TPSA) is 63.7 Å². The van der Waals surface area contributed by atoms with Crippen molar-refractivity contribution in [2.75, 3.05) is 27.8 Å². The predicted molar refractivity (Wildman–Crippen MR) is 126 cm³/mol. The molecule has 32 heavy (non-hydrogen) atoms. The standard InChI is InChI=1S/C22H22N2O3.C4H7N/c1-14-6-7-15(26-2)11-18(14)21(25)24-22(8-9-22)19-12-16(27-3)13-20-17(19)5-4-10-23-20;1-5-3-2-4-5/h4-7,10-13H,8-9H2,1-3H3,(H,24,25);2-3H,4H2,1H3. The molecule has 1 aromatic heterocycles. The van der Waals surface area contributed by atoms with E-state index >= 15 is 0 Å². The zero-order valence-electron chi connectivity index (χ0n) is 19.0. The first-order chi connectivity index (χ1) is 15.5. The number of amides is 1. The van der Waals surface area contributed by atoms with Gasteiger partial charge >= 0.3 is 0 Å². The zero-order chi connectivity index (χ0) is 22.7. The van der Waals surface area contributed by atoms with E-state index in [4.69, 9.17) is 9.47 Å². The van der Waals surface area contributed by atoms with Gasteiger partial charge in [-0.1, -0.05) is 12.1 Å². The van der Waals surface area contributed by atoms with Crippen LogP contribution in [0.4, 0.5) is 0 Å². The molecule has 3 aromatic rings. The number of aromatic nitrogens is 1. The van der Waals surface area contributed by atoms with Gasteiger partial charge in [-0.3, -0.25) is 9.78 Å². The summed E-state index contributed by atoms with van der Waals surface area (Å²) in [6, 6.07) is 13.4. The quantitative estimate of drug-likeness (QED) is 0.648. The highest BCUT2D eigenvalue weighted by molar-refractivity contribution is 5.97. The first-order valence-corrected chi connectivity index (χ1v) is 10.7. The maximum absolute atomic E-state index is 13.0. The van der Waals surface area contributed by atoms with Crippen molar-refractivity contribution in [1.29, 1.82) is 0 Å². The van der Waals surface area contributed by atoms with Crippen LogP contribution in [0.1, 0.15) is 34.3 Å². The Balaban J connectivity index is 0.000000433. The van der Waals surface area contributed by atoms with Gasteiger partial charge in [0.15, 0.2) is 0 Å². The number of likely N-dealkylation sites (N-methyl/N-ethyl adjacent to an activating group) is 1. The minimum atomic E-state index is -0.386. The van der Waals surface area contributed by atoms with Gasteiger partial charge in [-0.05, 0) is 67.4 Å². The number of nitrogens with one attached hydrogen (secondary N) is 1. The number of benzene rings is 2. The van der Waals surface area contributed by atoms with Gasteiger partial charge in [0, 0.05) is 36.8 Å². The van der Waals surface area contributed by atoms with Gasteiger partial charge in [0.25, 0.3) is 5.91 Å². The van der Waals surface area contributed by atoms with Crippen molar-refractivity contribution in [1.82, 2.24) is 15.2 Å². The molecule has 1 fully saturated rings. The van der Waals surface area contributed by atoms with Gasteiger partial charge in [0.1, 0.15) is 11.5 Å². The van der Waals surface area contributed by atoms with E-state index in [-0.39, 0.29) is 11.4 Å². The number of hydrogen-bond donors (Lipinski definition) is 1. The molecule has 0 radical (unpaired) electrons. The van der Waals surface area contributed by atoms with Gasteiger partial charge < -0.3 is 19.7 Å². The molecule has 6 heteroatoms. The molecule has 2 heterocycles. The number of ether oxygens (including phenoxy) is 2. The molecule has 0 bridgehead atoms. The molecule has 2 aliphatic rings. The molecule has 1 N–H and O–H groups in total. The largest absolute Gasteiger partial charge is 0.497 e. The average Bonchev–Trinajstić information content (AvgIpc) is 3.57. The highest BCUT2D eigenvalue weighted by Gasteiger charge is 2.47. The highest BCUT2D eigenvalue weighted by Crippen LogP contribution is 2.49. The number of rotatable bonds is 5. The van der Waals surface area contributed by atoms with Crippen molar-refractivity contribution in [3.63, 3.8) is 0 Å². The van der Waals surface area contributed by atoms with E-state index in [1.807, 2.05) is 43.3 Å². The summed E-state index contributed by atoms with van der Waals surface area (Å²) in [5, 5.41) is 4.30. The van der Waals surface area contributed by atoms with Gasteiger partial charge in [-0.15, -0.1) is 0 Å². The van der Waals surface area contributed by atoms with Crippen molar-refractivity contribution < 1.29 is 14.3 Å². The molecule has 0 unspecified atom stereocenters. The van der Waals surface area contributed by atoms with Crippen LogP contribution in [0, 0.1) is 6.92 Å². The maximum Gasteiger partial charge on any atom is 0.252 e.